The van der Waals surface area contributed by atoms with Gasteiger partial charge in [-0.15, -0.1) is 0 Å². The van der Waals surface area contributed by atoms with Gasteiger partial charge in [-0.3, -0.25) is 9.78 Å². The van der Waals surface area contributed by atoms with Gasteiger partial charge in [-0.1, -0.05) is 12.1 Å². The van der Waals surface area contributed by atoms with E-state index < -0.39 is 0 Å². The standard InChI is InChI=1S/C18H21N3O3/c1-2-24-17-6-4-3-5-16(17)20-15-11-14(12-19-13-15)18(22)21-7-9-23-10-8-21/h3-6,11-13,20H,2,7-10H2,1H3. The van der Waals surface area contributed by atoms with Gasteiger partial charge in [0.05, 0.1) is 43.0 Å². The zero-order valence-corrected chi connectivity index (χ0v) is 13.7. The SMILES string of the molecule is CCOc1ccccc1Nc1cncc(C(=O)N2CCOCC2)c1. The fourth-order valence-corrected chi connectivity index (χ4v) is 2.58. The summed E-state index contributed by atoms with van der Waals surface area (Å²) in [5, 5.41) is 3.27. The third-order valence-electron chi connectivity index (χ3n) is 3.75. The summed E-state index contributed by atoms with van der Waals surface area (Å²) in [5.41, 5.74) is 2.16. The predicted octanol–water partition coefficient (Wildman–Crippen LogP) is 2.70. The van der Waals surface area contributed by atoms with Crippen molar-refractivity contribution in [1.82, 2.24) is 9.88 Å². The minimum atomic E-state index is -0.0208. The van der Waals surface area contributed by atoms with E-state index in [0.29, 0.717) is 38.5 Å². The van der Waals surface area contributed by atoms with Crippen LogP contribution in [0.3, 0.4) is 0 Å². The lowest BCUT2D eigenvalue weighted by Gasteiger charge is -2.26. The average molecular weight is 327 g/mol. The van der Waals surface area contributed by atoms with E-state index in [9.17, 15) is 4.79 Å². The van der Waals surface area contributed by atoms with Crippen molar-refractivity contribution in [3.05, 3.63) is 48.3 Å². The number of nitrogens with zero attached hydrogens (tertiary/aromatic N) is 2. The van der Waals surface area contributed by atoms with Crippen molar-refractivity contribution in [2.24, 2.45) is 0 Å². The highest BCUT2D eigenvalue weighted by Gasteiger charge is 2.19. The number of ether oxygens (including phenoxy) is 2. The van der Waals surface area contributed by atoms with E-state index in [1.807, 2.05) is 37.3 Å². The van der Waals surface area contributed by atoms with E-state index in [1.54, 1.807) is 17.3 Å². The van der Waals surface area contributed by atoms with Crippen LogP contribution < -0.4 is 10.1 Å². The molecule has 0 saturated carbocycles. The number of aromatic nitrogens is 1. The zero-order valence-electron chi connectivity index (χ0n) is 13.7. The van der Waals surface area contributed by atoms with Gasteiger partial charge in [0.2, 0.25) is 0 Å². The lowest BCUT2D eigenvalue weighted by atomic mass is 10.2. The minimum Gasteiger partial charge on any atom is -0.492 e. The number of carbonyl (C=O) groups is 1. The summed E-state index contributed by atoms with van der Waals surface area (Å²) in [6.45, 7) is 4.93. The molecule has 1 fully saturated rings. The van der Waals surface area contributed by atoms with Gasteiger partial charge in [-0.2, -0.15) is 0 Å². The van der Waals surface area contributed by atoms with Gasteiger partial charge in [0, 0.05) is 19.3 Å². The normalized spacial score (nSPS) is 14.3. The Morgan fingerprint density at radius 3 is 2.88 bits per heavy atom. The lowest BCUT2D eigenvalue weighted by Crippen LogP contribution is -2.40. The fraction of sp³-hybridized carbons (Fsp3) is 0.333. The van der Waals surface area contributed by atoms with E-state index >= 15 is 0 Å². The number of para-hydroxylation sites is 2. The quantitative estimate of drug-likeness (QED) is 0.915. The molecule has 1 amide bonds. The Morgan fingerprint density at radius 1 is 1.29 bits per heavy atom. The summed E-state index contributed by atoms with van der Waals surface area (Å²) in [6.07, 6.45) is 3.29. The maximum Gasteiger partial charge on any atom is 0.255 e. The van der Waals surface area contributed by atoms with E-state index in [2.05, 4.69) is 10.3 Å². The number of rotatable bonds is 5. The first-order chi connectivity index (χ1) is 11.8. The molecule has 2 heterocycles. The summed E-state index contributed by atoms with van der Waals surface area (Å²) >= 11 is 0. The fourth-order valence-electron chi connectivity index (χ4n) is 2.58. The predicted molar refractivity (Wildman–Crippen MR) is 91.9 cm³/mol. The Hall–Kier alpha value is -2.60. The van der Waals surface area contributed by atoms with E-state index in [-0.39, 0.29) is 5.91 Å². The number of carbonyl (C=O) groups excluding carboxylic acids is 1. The lowest BCUT2D eigenvalue weighted by molar-refractivity contribution is 0.0302. The molecule has 0 radical (unpaired) electrons. The molecule has 0 atom stereocenters. The Labute approximate surface area is 141 Å². The largest absolute Gasteiger partial charge is 0.492 e. The van der Waals surface area contributed by atoms with Crippen molar-refractivity contribution in [3.8, 4) is 5.75 Å². The molecule has 6 nitrogen and oxygen atoms in total. The molecule has 1 aliphatic heterocycles. The average Bonchev–Trinajstić information content (AvgIpc) is 2.64. The molecule has 0 aliphatic carbocycles. The van der Waals surface area contributed by atoms with Crippen LogP contribution in [0.2, 0.25) is 0 Å². The van der Waals surface area contributed by atoms with Gasteiger partial charge in [-0.05, 0) is 25.1 Å². The van der Waals surface area contributed by atoms with Crippen molar-refractivity contribution >= 4 is 17.3 Å². The van der Waals surface area contributed by atoms with Gasteiger partial charge in [0.25, 0.3) is 5.91 Å². The van der Waals surface area contributed by atoms with Crippen molar-refractivity contribution in [1.29, 1.82) is 0 Å². The molecular formula is C18H21N3O3. The molecule has 1 aromatic carbocycles. The molecule has 0 bridgehead atoms. The smallest absolute Gasteiger partial charge is 0.255 e. The molecule has 1 aliphatic rings. The minimum absolute atomic E-state index is 0.0208. The third kappa shape index (κ3) is 3.83. The van der Waals surface area contributed by atoms with Crippen molar-refractivity contribution in [2.45, 2.75) is 6.92 Å². The highest BCUT2D eigenvalue weighted by atomic mass is 16.5. The molecule has 2 aromatic rings. The molecule has 126 valence electrons. The second-order valence-corrected chi connectivity index (χ2v) is 5.42. The van der Waals surface area contributed by atoms with Crippen LogP contribution in [0.4, 0.5) is 11.4 Å². The van der Waals surface area contributed by atoms with Crippen LogP contribution in [-0.4, -0.2) is 48.7 Å². The highest BCUT2D eigenvalue weighted by Crippen LogP contribution is 2.27. The molecule has 6 heteroatoms. The molecular weight excluding hydrogens is 306 g/mol. The maximum atomic E-state index is 12.6. The molecule has 1 saturated heterocycles. The summed E-state index contributed by atoms with van der Waals surface area (Å²) < 4.78 is 10.9. The molecule has 0 spiro atoms. The van der Waals surface area contributed by atoms with Gasteiger partial charge < -0.3 is 19.7 Å². The number of nitrogens with one attached hydrogen (secondary N) is 1. The summed E-state index contributed by atoms with van der Waals surface area (Å²) in [5.74, 6) is 0.748. The molecule has 24 heavy (non-hydrogen) atoms. The van der Waals surface area contributed by atoms with Gasteiger partial charge in [-0.25, -0.2) is 0 Å². The summed E-state index contributed by atoms with van der Waals surface area (Å²) in [7, 11) is 0. The van der Waals surface area contributed by atoms with Gasteiger partial charge >= 0.3 is 0 Å². The molecule has 1 aromatic heterocycles. The number of benzene rings is 1. The number of hydrogen-bond donors (Lipinski definition) is 1. The summed E-state index contributed by atoms with van der Waals surface area (Å²) in [6, 6.07) is 9.50. The number of pyridine rings is 1. The van der Waals surface area contributed by atoms with Gasteiger partial charge in [0.1, 0.15) is 5.75 Å². The number of amides is 1. The molecule has 3 rings (SSSR count). The van der Waals surface area contributed by atoms with Crippen LogP contribution in [0.25, 0.3) is 0 Å². The Balaban J connectivity index is 1.77. The second-order valence-electron chi connectivity index (χ2n) is 5.42. The van der Waals surface area contributed by atoms with E-state index in [0.717, 1.165) is 17.1 Å². The highest BCUT2D eigenvalue weighted by molar-refractivity contribution is 5.95. The first-order valence-corrected chi connectivity index (χ1v) is 8.09. The first-order valence-electron chi connectivity index (χ1n) is 8.09. The van der Waals surface area contributed by atoms with Crippen LogP contribution in [0, 0.1) is 0 Å². The van der Waals surface area contributed by atoms with Crippen molar-refractivity contribution in [2.75, 3.05) is 38.2 Å². The summed E-state index contributed by atoms with van der Waals surface area (Å²) in [4.78, 5) is 18.5. The van der Waals surface area contributed by atoms with E-state index in [1.165, 1.54) is 0 Å². The third-order valence-corrected chi connectivity index (χ3v) is 3.75. The number of morpholine rings is 1. The van der Waals surface area contributed by atoms with Crippen LogP contribution >= 0.6 is 0 Å². The van der Waals surface area contributed by atoms with Gasteiger partial charge in [0.15, 0.2) is 0 Å². The Morgan fingerprint density at radius 2 is 2.08 bits per heavy atom. The Bertz CT molecular complexity index is 699. The monoisotopic (exact) mass is 327 g/mol. The Kier molecular flexibility index (Phi) is 5.28. The first kappa shape index (κ1) is 16.3. The van der Waals surface area contributed by atoms with Crippen molar-refractivity contribution in [3.63, 3.8) is 0 Å². The van der Waals surface area contributed by atoms with Crippen LogP contribution in [-0.2, 0) is 4.74 Å². The number of hydrogen-bond acceptors (Lipinski definition) is 5. The van der Waals surface area contributed by atoms with Crippen LogP contribution in [0.5, 0.6) is 5.75 Å². The van der Waals surface area contributed by atoms with Crippen molar-refractivity contribution < 1.29 is 14.3 Å². The molecule has 0 unspecified atom stereocenters. The topological polar surface area (TPSA) is 63.7 Å². The van der Waals surface area contributed by atoms with E-state index in [4.69, 9.17) is 9.47 Å². The molecule has 1 N–H and O–H groups in total. The zero-order chi connectivity index (χ0) is 16.8. The second kappa shape index (κ2) is 7.79. The maximum absolute atomic E-state index is 12.6. The van der Waals surface area contributed by atoms with Crippen LogP contribution in [0.15, 0.2) is 42.7 Å². The van der Waals surface area contributed by atoms with Crippen LogP contribution in [0.1, 0.15) is 17.3 Å². The number of anilines is 2.